The number of aromatic nitrogens is 4. The zero-order valence-electron chi connectivity index (χ0n) is 19.6. The largest absolute Gasteiger partial charge is 0.433 e. The third-order valence-electron chi connectivity index (χ3n) is 6.20. The van der Waals surface area contributed by atoms with Gasteiger partial charge >= 0.3 is 6.61 Å². The molecule has 9 nitrogen and oxygen atoms in total. The average molecular weight is 481 g/mol. The number of ether oxygens (including phenoxy) is 1. The lowest BCUT2D eigenvalue weighted by molar-refractivity contribution is -0.0493. The number of nitrogen functional groups attached to an aromatic ring is 1. The number of pyridine rings is 1. The van der Waals surface area contributed by atoms with E-state index in [1.165, 1.54) is 6.07 Å². The summed E-state index contributed by atoms with van der Waals surface area (Å²) in [6, 6.07) is 9.11. The lowest BCUT2D eigenvalue weighted by Gasteiger charge is -2.44. The molecular weight excluding hydrogens is 454 g/mol. The number of halogens is 2. The number of aryl methyl sites for hydroxylation is 1. The van der Waals surface area contributed by atoms with Crippen LogP contribution >= 0.6 is 0 Å². The van der Waals surface area contributed by atoms with Crippen LogP contribution in [0.3, 0.4) is 0 Å². The van der Waals surface area contributed by atoms with Gasteiger partial charge < -0.3 is 30.2 Å². The van der Waals surface area contributed by atoms with Gasteiger partial charge in [-0.05, 0) is 38.4 Å². The highest BCUT2D eigenvalue weighted by Gasteiger charge is 2.30. The Morgan fingerprint density at radius 1 is 1.17 bits per heavy atom. The number of rotatable bonds is 7. The molecular formula is C24H26F2N8O. The topological polar surface area (TPSA) is 97.4 Å². The van der Waals surface area contributed by atoms with Crippen molar-refractivity contribution in [3.8, 4) is 17.0 Å². The van der Waals surface area contributed by atoms with Gasteiger partial charge in [0.25, 0.3) is 0 Å². The van der Waals surface area contributed by atoms with Crippen molar-refractivity contribution in [2.24, 2.45) is 7.05 Å². The molecule has 1 aromatic carbocycles. The fourth-order valence-electron chi connectivity index (χ4n) is 4.22. The van der Waals surface area contributed by atoms with Crippen LogP contribution in [0.25, 0.3) is 22.3 Å². The van der Waals surface area contributed by atoms with Crippen molar-refractivity contribution in [2.75, 3.05) is 43.1 Å². The third kappa shape index (κ3) is 4.42. The maximum atomic E-state index is 13.2. The molecule has 4 aromatic rings. The molecule has 1 aliphatic heterocycles. The van der Waals surface area contributed by atoms with Crippen LogP contribution in [0.15, 0.2) is 48.9 Å². The molecule has 3 aromatic heterocycles. The minimum Gasteiger partial charge on any atom is -0.433 e. The van der Waals surface area contributed by atoms with Gasteiger partial charge in [-0.1, -0.05) is 0 Å². The smallest absolute Gasteiger partial charge is 0.387 e. The summed E-state index contributed by atoms with van der Waals surface area (Å²) < 4.78 is 33.3. The Morgan fingerprint density at radius 3 is 2.71 bits per heavy atom. The lowest BCUT2D eigenvalue weighted by Crippen LogP contribution is -2.57. The number of hydrogen-bond acceptors (Lipinski definition) is 8. The van der Waals surface area contributed by atoms with E-state index in [4.69, 9.17) is 10.5 Å². The maximum absolute atomic E-state index is 13.2. The Balaban J connectivity index is 1.46. The van der Waals surface area contributed by atoms with Crippen molar-refractivity contribution in [1.29, 1.82) is 0 Å². The van der Waals surface area contributed by atoms with Crippen LogP contribution in [0.4, 0.5) is 31.8 Å². The van der Waals surface area contributed by atoms with Gasteiger partial charge in [0.05, 0.1) is 33.8 Å². The molecule has 35 heavy (non-hydrogen) atoms. The van der Waals surface area contributed by atoms with Gasteiger partial charge in [-0.15, -0.1) is 0 Å². The van der Waals surface area contributed by atoms with Gasteiger partial charge in [0.2, 0.25) is 5.95 Å². The predicted molar refractivity (Wildman–Crippen MR) is 132 cm³/mol. The summed E-state index contributed by atoms with van der Waals surface area (Å²) in [6.07, 6.45) is 5.26. The molecule has 5 rings (SSSR count). The summed E-state index contributed by atoms with van der Waals surface area (Å²) in [4.78, 5) is 17.5. The van der Waals surface area contributed by atoms with E-state index in [2.05, 4.69) is 25.2 Å². The molecule has 0 bridgehead atoms. The molecule has 0 saturated carbocycles. The number of fused-ring (bicyclic) bond motifs is 1. The zero-order chi connectivity index (χ0) is 24.7. The zero-order valence-corrected chi connectivity index (χ0v) is 19.6. The molecule has 1 fully saturated rings. The van der Waals surface area contributed by atoms with E-state index in [0.717, 1.165) is 29.7 Å². The Morgan fingerprint density at radius 2 is 1.97 bits per heavy atom. The Hall–Kier alpha value is -3.99. The molecule has 0 atom stereocenters. The number of hydrogen-bond donors (Lipinski definition) is 2. The molecule has 11 heteroatoms. The minimum atomic E-state index is -2.99. The summed E-state index contributed by atoms with van der Waals surface area (Å²) in [7, 11) is 5.95. The van der Waals surface area contributed by atoms with Crippen molar-refractivity contribution < 1.29 is 13.5 Å². The van der Waals surface area contributed by atoms with E-state index in [1.807, 2.05) is 48.9 Å². The van der Waals surface area contributed by atoms with Crippen LogP contribution in [-0.4, -0.2) is 64.3 Å². The minimum absolute atomic E-state index is 0.0293. The van der Waals surface area contributed by atoms with Crippen LogP contribution in [0.2, 0.25) is 0 Å². The van der Waals surface area contributed by atoms with Crippen LogP contribution in [-0.2, 0) is 7.05 Å². The van der Waals surface area contributed by atoms with Crippen molar-refractivity contribution in [2.45, 2.75) is 12.7 Å². The molecule has 0 spiro atoms. The van der Waals surface area contributed by atoms with Gasteiger partial charge in [-0.25, -0.2) is 9.97 Å². The Kier molecular flexibility index (Phi) is 5.85. The number of alkyl halides is 2. The number of likely N-dealkylation sites (N-methyl/N-ethyl adjacent to an activating group) is 1. The van der Waals surface area contributed by atoms with Crippen molar-refractivity contribution in [3.05, 3.63) is 48.9 Å². The van der Waals surface area contributed by atoms with Gasteiger partial charge in [0.1, 0.15) is 0 Å². The van der Waals surface area contributed by atoms with Gasteiger partial charge in [-0.2, -0.15) is 8.78 Å². The highest BCUT2D eigenvalue weighted by Crippen LogP contribution is 2.39. The predicted octanol–water partition coefficient (Wildman–Crippen LogP) is 3.71. The van der Waals surface area contributed by atoms with E-state index in [1.54, 1.807) is 24.5 Å². The van der Waals surface area contributed by atoms with Crippen LogP contribution < -0.4 is 20.7 Å². The van der Waals surface area contributed by atoms with Crippen molar-refractivity contribution >= 4 is 34.0 Å². The second-order valence-corrected chi connectivity index (χ2v) is 8.72. The summed E-state index contributed by atoms with van der Waals surface area (Å²) >= 11 is 0. The van der Waals surface area contributed by atoms with Crippen LogP contribution in [0.5, 0.6) is 5.75 Å². The number of anilines is 4. The molecule has 182 valence electrons. The Bertz CT molecular complexity index is 1370. The van der Waals surface area contributed by atoms with E-state index < -0.39 is 6.61 Å². The molecule has 3 N–H and O–H groups in total. The SMILES string of the molecule is CN(C)C1CN(c2cc(OC(F)F)c(Nc3nccc(-c4cn(C)c5cccnc45)n3)cc2N)C1. The number of nitrogens with zero attached hydrogens (tertiary/aromatic N) is 6. The van der Waals surface area contributed by atoms with Crippen molar-refractivity contribution in [1.82, 2.24) is 24.4 Å². The quantitative estimate of drug-likeness (QED) is 0.387. The fourth-order valence-corrected chi connectivity index (χ4v) is 4.22. The average Bonchev–Trinajstić information content (AvgIpc) is 3.12. The van der Waals surface area contributed by atoms with Crippen molar-refractivity contribution in [3.63, 3.8) is 0 Å². The maximum Gasteiger partial charge on any atom is 0.387 e. The normalized spacial score (nSPS) is 14.1. The first-order valence-electron chi connectivity index (χ1n) is 11.1. The molecule has 0 amide bonds. The lowest BCUT2D eigenvalue weighted by atomic mass is 10.1. The van der Waals surface area contributed by atoms with Gasteiger partial charge in [0, 0.05) is 56.4 Å². The molecule has 0 aliphatic carbocycles. The number of nitrogens with two attached hydrogens (primary N) is 1. The Labute approximate surface area is 201 Å². The first-order valence-corrected chi connectivity index (χ1v) is 11.1. The van der Waals surface area contributed by atoms with Crippen LogP contribution in [0.1, 0.15) is 0 Å². The van der Waals surface area contributed by atoms with Gasteiger partial charge in [0.15, 0.2) is 5.75 Å². The first-order chi connectivity index (χ1) is 16.8. The highest BCUT2D eigenvalue weighted by molar-refractivity contribution is 5.92. The van der Waals surface area contributed by atoms with E-state index in [9.17, 15) is 8.78 Å². The van der Waals surface area contributed by atoms with Crippen LogP contribution in [0, 0.1) is 0 Å². The van der Waals surface area contributed by atoms with E-state index >= 15 is 0 Å². The monoisotopic (exact) mass is 480 g/mol. The summed E-state index contributed by atoms with van der Waals surface area (Å²) in [6.45, 7) is -1.49. The van der Waals surface area contributed by atoms with E-state index in [-0.39, 0.29) is 17.4 Å². The summed E-state index contributed by atoms with van der Waals surface area (Å²) in [5.74, 6) is 0.191. The second-order valence-electron chi connectivity index (χ2n) is 8.72. The number of nitrogens with one attached hydrogen (secondary N) is 1. The summed E-state index contributed by atoms with van der Waals surface area (Å²) in [5, 5.41) is 3.00. The standard InChI is InChI=1S/C24H26F2N8O/c1-32(2)14-11-34(12-14)20-10-21(35-23(25)26)18(9-16(20)27)31-24-29-8-6-17(30-24)15-13-33(3)19-5-4-7-28-22(15)19/h4-10,13-14,23H,11-12,27H2,1-3H3,(H,29,30,31). The number of benzene rings is 1. The second kappa shape index (κ2) is 8.99. The molecule has 1 aliphatic rings. The van der Waals surface area contributed by atoms with E-state index in [0.29, 0.717) is 23.1 Å². The molecule has 0 unspecified atom stereocenters. The molecule has 0 radical (unpaired) electrons. The summed E-state index contributed by atoms with van der Waals surface area (Å²) in [5.41, 5.74) is 10.9. The first kappa shape index (κ1) is 22.8. The van der Waals surface area contributed by atoms with Gasteiger partial charge in [-0.3, -0.25) is 4.98 Å². The molecule has 1 saturated heterocycles. The third-order valence-corrected chi connectivity index (χ3v) is 6.20. The fraction of sp³-hybridized carbons (Fsp3) is 0.292. The highest BCUT2D eigenvalue weighted by atomic mass is 19.3. The molecule has 4 heterocycles.